The van der Waals surface area contributed by atoms with E-state index in [0.717, 1.165) is 59.2 Å². The molecule has 3 aromatic carbocycles. The molecular weight excluding hydrogens is 620 g/mol. The minimum atomic E-state index is -1.82. The molecule has 0 aliphatic heterocycles. The number of aliphatic hydroxyl groups is 1. The van der Waals surface area contributed by atoms with Gasteiger partial charge in [-0.1, -0.05) is 78.3 Å². The van der Waals surface area contributed by atoms with Crippen molar-refractivity contribution in [2.75, 3.05) is 5.75 Å². The molecule has 7 nitrogen and oxygen atoms in total. The Labute approximate surface area is 278 Å². The van der Waals surface area contributed by atoms with Gasteiger partial charge in [0.15, 0.2) is 0 Å². The Morgan fingerprint density at radius 3 is 2.41 bits per heavy atom. The molecule has 4 aromatic rings. The standard InChI is InChI=1S/C35H35ClN2OS.C2H2O4/c1-34(2,39)31-9-4-3-7-26(31)13-17-33(40-24-35(18-19-35)20-21-37)28-8-5-6-25(22-28)10-15-30-16-12-27-11-14-29(36)23-32(27)38-30;3-1(4)2(5)6/h3-12,14-16,22-23,33,39H,13,17-20,24H2,1-2H3;(H,3,4)(H,5,6)/b15-10+;/t33-;/m1./s1. The number of carboxylic acid groups (broad SMARTS) is 2. The lowest BCUT2D eigenvalue weighted by Gasteiger charge is -2.24. The van der Waals surface area contributed by atoms with Crippen LogP contribution in [-0.2, 0) is 21.6 Å². The molecule has 0 saturated heterocycles. The third-order valence-electron chi connectivity index (χ3n) is 7.94. The number of hydrogen-bond acceptors (Lipinski definition) is 6. The van der Waals surface area contributed by atoms with E-state index in [9.17, 15) is 10.4 Å². The highest BCUT2D eigenvalue weighted by molar-refractivity contribution is 7.99. The number of carboxylic acids is 2. The van der Waals surface area contributed by atoms with Gasteiger partial charge < -0.3 is 15.3 Å². The van der Waals surface area contributed by atoms with Gasteiger partial charge in [-0.05, 0) is 91.5 Å². The second kappa shape index (κ2) is 15.4. The zero-order chi connectivity index (χ0) is 33.3. The summed E-state index contributed by atoms with van der Waals surface area (Å²) in [5.41, 5.74) is 5.69. The van der Waals surface area contributed by atoms with E-state index in [2.05, 4.69) is 54.6 Å². The summed E-state index contributed by atoms with van der Waals surface area (Å²) >= 11 is 8.15. The largest absolute Gasteiger partial charge is 0.473 e. The molecule has 1 fully saturated rings. The van der Waals surface area contributed by atoms with Gasteiger partial charge in [-0.3, -0.25) is 0 Å². The minimum Gasteiger partial charge on any atom is -0.473 e. The normalized spacial score (nSPS) is 14.2. The minimum absolute atomic E-state index is 0.185. The van der Waals surface area contributed by atoms with Gasteiger partial charge in [0.05, 0.1) is 22.9 Å². The Hall–Kier alpha value is -4.16. The first-order valence-corrected chi connectivity index (χ1v) is 16.4. The fraction of sp³-hybridized carbons (Fsp3) is 0.297. The van der Waals surface area contributed by atoms with Crippen LogP contribution in [0.5, 0.6) is 0 Å². The number of aromatic nitrogens is 1. The second-order valence-corrected chi connectivity index (χ2v) is 13.7. The predicted octanol–water partition coefficient (Wildman–Crippen LogP) is 8.54. The number of nitriles is 1. The number of thioether (sulfide) groups is 1. The predicted molar refractivity (Wildman–Crippen MR) is 184 cm³/mol. The fourth-order valence-electron chi connectivity index (χ4n) is 5.21. The highest BCUT2D eigenvalue weighted by atomic mass is 35.5. The first-order chi connectivity index (χ1) is 21.9. The molecule has 0 amide bonds. The van der Waals surface area contributed by atoms with E-state index in [1.165, 1.54) is 11.1 Å². The molecule has 0 spiro atoms. The van der Waals surface area contributed by atoms with E-state index in [4.69, 9.17) is 36.4 Å². The number of hydrogen-bond donors (Lipinski definition) is 3. The summed E-state index contributed by atoms with van der Waals surface area (Å²) in [6, 6.07) is 29.2. The van der Waals surface area contributed by atoms with Crippen LogP contribution in [0.2, 0.25) is 5.02 Å². The molecule has 1 aliphatic rings. The molecule has 238 valence electrons. The number of halogens is 1. The number of carbonyl (C=O) groups is 2. The quantitative estimate of drug-likeness (QED) is 0.137. The Bertz CT molecular complexity index is 1760. The fourth-order valence-corrected chi connectivity index (χ4v) is 6.94. The summed E-state index contributed by atoms with van der Waals surface area (Å²) in [4.78, 5) is 23.0. The van der Waals surface area contributed by atoms with Crippen LogP contribution in [-0.4, -0.2) is 38.0 Å². The third-order valence-corrected chi connectivity index (χ3v) is 9.87. The zero-order valence-corrected chi connectivity index (χ0v) is 27.4. The van der Waals surface area contributed by atoms with Gasteiger partial charge in [-0.2, -0.15) is 17.0 Å². The first kappa shape index (κ1) is 34.7. The van der Waals surface area contributed by atoms with Gasteiger partial charge in [0.25, 0.3) is 0 Å². The molecule has 9 heteroatoms. The van der Waals surface area contributed by atoms with Crippen molar-refractivity contribution in [1.82, 2.24) is 4.98 Å². The van der Waals surface area contributed by atoms with E-state index in [1.54, 1.807) is 0 Å². The summed E-state index contributed by atoms with van der Waals surface area (Å²) < 4.78 is 0. The van der Waals surface area contributed by atoms with Gasteiger partial charge in [0, 0.05) is 27.8 Å². The van der Waals surface area contributed by atoms with Gasteiger partial charge >= 0.3 is 11.9 Å². The molecule has 46 heavy (non-hydrogen) atoms. The van der Waals surface area contributed by atoms with Crippen molar-refractivity contribution in [3.8, 4) is 6.07 Å². The highest BCUT2D eigenvalue weighted by Crippen LogP contribution is 2.53. The van der Waals surface area contributed by atoms with E-state index < -0.39 is 17.5 Å². The van der Waals surface area contributed by atoms with Gasteiger partial charge in [-0.25, -0.2) is 14.6 Å². The van der Waals surface area contributed by atoms with Crippen molar-refractivity contribution < 1.29 is 24.9 Å². The average molecular weight is 657 g/mol. The molecule has 1 atom stereocenters. The maximum atomic E-state index is 10.7. The van der Waals surface area contributed by atoms with Crippen LogP contribution in [0.25, 0.3) is 23.1 Å². The molecular formula is C37H37ClN2O5S. The zero-order valence-electron chi connectivity index (χ0n) is 25.8. The van der Waals surface area contributed by atoms with Crippen LogP contribution in [0.15, 0.2) is 78.9 Å². The Morgan fingerprint density at radius 1 is 1.02 bits per heavy atom. The maximum absolute atomic E-state index is 10.7. The van der Waals surface area contributed by atoms with Crippen molar-refractivity contribution in [2.45, 2.75) is 56.8 Å². The van der Waals surface area contributed by atoms with Crippen LogP contribution in [0.4, 0.5) is 0 Å². The molecule has 5 rings (SSSR count). The Kier molecular flexibility index (Phi) is 11.6. The van der Waals surface area contributed by atoms with Crippen molar-refractivity contribution in [1.29, 1.82) is 5.26 Å². The number of rotatable bonds is 11. The summed E-state index contributed by atoms with van der Waals surface area (Å²) in [6.07, 6.45) is 8.94. The summed E-state index contributed by atoms with van der Waals surface area (Å²) in [7, 11) is 0. The van der Waals surface area contributed by atoms with Gasteiger partial charge in [0.2, 0.25) is 0 Å². The van der Waals surface area contributed by atoms with Crippen molar-refractivity contribution >= 4 is 58.4 Å². The molecule has 0 bridgehead atoms. The van der Waals surface area contributed by atoms with Crippen LogP contribution in [0.1, 0.15) is 72.7 Å². The third kappa shape index (κ3) is 9.92. The summed E-state index contributed by atoms with van der Waals surface area (Å²) in [5.74, 6) is -2.65. The lowest BCUT2D eigenvalue weighted by atomic mass is 9.90. The molecule has 1 aromatic heterocycles. The van der Waals surface area contributed by atoms with E-state index >= 15 is 0 Å². The number of fused-ring (bicyclic) bond motifs is 1. The molecule has 1 heterocycles. The number of pyridine rings is 1. The smallest absolute Gasteiger partial charge is 0.414 e. The topological polar surface area (TPSA) is 132 Å². The van der Waals surface area contributed by atoms with E-state index in [0.29, 0.717) is 16.7 Å². The lowest BCUT2D eigenvalue weighted by molar-refractivity contribution is -0.159. The molecule has 1 saturated carbocycles. The Morgan fingerprint density at radius 2 is 1.74 bits per heavy atom. The second-order valence-electron chi connectivity index (χ2n) is 12.1. The van der Waals surface area contributed by atoms with Crippen LogP contribution >= 0.6 is 23.4 Å². The number of aliphatic carboxylic acids is 2. The highest BCUT2D eigenvalue weighted by Gasteiger charge is 2.42. The number of nitrogens with zero attached hydrogens (tertiary/aromatic N) is 2. The van der Waals surface area contributed by atoms with E-state index in [-0.39, 0.29) is 5.41 Å². The average Bonchev–Trinajstić information content (AvgIpc) is 3.79. The van der Waals surface area contributed by atoms with Crippen molar-refractivity contribution in [3.63, 3.8) is 0 Å². The van der Waals surface area contributed by atoms with Crippen LogP contribution in [0, 0.1) is 16.7 Å². The van der Waals surface area contributed by atoms with Gasteiger partial charge in [-0.15, -0.1) is 0 Å². The molecule has 0 unspecified atom stereocenters. The SMILES string of the molecule is CC(C)(O)c1ccccc1CC[C@@H](SCC1(CC#N)CC1)c1cccc(/C=C/c2ccc3ccc(Cl)cc3n2)c1.O=C(O)C(=O)O. The number of benzene rings is 3. The Balaban J connectivity index is 0.000000731. The lowest BCUT2D eigenvalue weighted by Crippen LogP contribution is -2.18. The molecule has 0 radical (unpaired) electrons. The van der Waals surface area contributed by atoms with Crippen molar-refractivity contribution in [2.24, 2.45) is 5.41 Å². The summed E-state index contributed by atoms with van der Waals surface area (Å²) in [6.45, 7) is 3.71. The molecule has 1 aliphatic carbocycles. The van der Waals surface area contributed by atoms with E-state index in [1.807, 2.05) is 68.1 Å². The monoisotopic (exact) mass is 656 g/mol. The maximum Gasteiger partial charge on any atom is 0.414 e. The summed E-state index contributed by atoms with van der Waals surface area (Å²) in [5, 5.41) is 36.9. The van der Waals surface area contributed by atoms with Crippen molar-refractivity contribution in [3.05, 3.63) is 112 Å². The van der Waals surface area contributed by atoms with Crippen LogP contribution in [0.3, 0.4) is 0 Å². The first-order valence-electron chi connectivity index (χ1n) is 15.0. The number of aryl methyl sites for hydroxylation is 1. The molecule has 3 N–H and O–H groups in total. The van der Waals surface area contributed by atoms with Crippen LogP contribution < -0.4 is 0 Å². The van der Waals surface area contributed by atoms with Gasteiger partial charge in [0.1, 0.15) is 0 Å².